The number of ether oxygens (including phenoxy) is 1. The molecule has 0 radical (unpaired) electrons. The Morgan fingerprint density at radius 3 is 2.84 bits per heavy atom. The molecule has 1 saturated heterocycles. The molecule has 1 aromatic heterocycles. The molecular weight excluding hydrogens is 497 g/mol. The van der Waals surface area contributed by atoms with Crippen LogP contribution in [0.25, 0.3) is 10.9 Å². The Hall–Kier alpha value is -1.89. The van der Waals surface area contributed by atoms with Crippen LogP contribution in [0.4, 0.5) is 4.39 Å². The topological polar surface area (TPSA) is 117 Å². The van der Waals surface area contributed by atoms with Gasteiger partial charge in [0, 0.05) is 25.8 Å². The van der Waals surface area contributed by atoms with E-state index in [1.54, 1.807) is 0 Å². The van der Waals surface area contributed by atoms with Gasteiger partial charge in [-0.2, -0.15) is 0 Å². The fraction of sp³-hybridized carbons (Fsp3) is 0.526. The van der Waals surface area contributed by atoms with Crippen LogP contribution in [-0.4, -0.2) is 47.8 Å². The van der Waals surface area contributed by atoms with E-state index >= 15 is 0 Å². The van der Waals surface area contributed by atoms with E-state index in [9.17, 15) is 22.4 Å². The van der Waals surface area contributed by atoms with Crippen molar-refractivity contribution in [1.82, 2.24) is 15.0 Å². The lowest BCUT2D eigenvalue weighted by Crippen LogP contribution is -2.51. The van der Waals surface area contributed by atoms with E-state index in [-0.39, 0.29) is 22.8 Å². The molecule has 3 rings (SSSR count). The molecule has 0 aliphatic carbocycles. The van der Waals surface area contributed by atoms with Crippen molar-refractivity contribution in [2.24, 2.45) is 0 Å². The highest BCUT2D eigenvalue weighted by molar-refractivity contribution is 9.10. The summed E-state index contributed by atoms with van der Waals surface area (Å²) in [5.41, 5.74) is 1.94. The van der Waals surface area contributed by atoms with Gasteiger partial charge < -0.3 is 4.74 Å². The normalized spacial score (nSPS) is 19.2. The molecule has 1 fully saturated rings. The van der Waals surface area contributed by atoms with Gasteiger partial charge in [0.25, 0.3) is 11.5 Å². The van der Waals surface area contributed by atoms with Gasteiger partial charge >= 0.3 is 0 Å². The third-order valence-electron chi connectivity index (χ3n) is 5.42. The van der Waals surface area contributed by atoms with Crippen LogP contribution >= 0.6 is 15.9 Å². The van der Waals surface area contributed by atoms with Crippen molar-refractivity contribution in [3.8, 4) is 0 Å². The summed E-state index contributed by atoms with van der Waals surface area (Å²) in [4.78, 5) is 34.8. The molecule has 1 N–H and O–H groups in total. The lowest BCUT2D eigenvalue weighted by molar-refractivity contribution is -0.201. The van der Waals surface area contributed by atoms with E-state index < -0.39 is 38.2 Å². The van der Waals surface area contributed by atoms with Crippen LogP contribution in [0.5, 0.6) is 0 Å². The SMILES string of the molecule is C[C@@](CCn1cnc2cc(Br)c(F)cc2c1=O)(C(=O)NOC1CCCCO1)S(C)(=O)=O. The first-order valence-electron chi connectivity index (χ1n) is 9.64. The maximum Gasteiger partial charge on any atom is 0.264 e. The zero-order chi connectivity index (χ0) is 22.8. The lowest BCUT2D eigenvalue weighted by atomic mass is 10.1. The minimum absolute atomic E-state index is 0.0477. The standard InChI is InChI=1S/C19H23BrFN3O6S/c1-19(31(2,27)28,18(26)23-30-16-5-3-4-8-29-16)6-7-24-11-22-15-10-13(20)14(21)9-12(15)17(24)25/h9-11,16H,3-8H2,1-2H3,(H,23,26)/t16?,19-/m1/s1. The second-order valence-electron chi connectivity index (χ2n) is 7.62. The van der Waals surface area contributed by atoms with Crippen molar-refractivity contribution >= 4 is 42.6 Å². The minimum Gasteiger partial charge on any atom is -0.350 e. The minimum atomic E-state index is -3.89. The van der Waals surface area contributed by atoms with Gasteiger partial charge in [0.05, 0.1) is 21.7 Å². The predicted octanol–water partition coefficient (Wildman–Crippen LogP) is 2.07. The number of aromatic nitrogens is 2. The zero-order valence-corrected chi connectivity index (χ0v) is 19.5. The van der Waals surface area contributed by atoms with Crippen LogP contribution in [0.2, 0.25) is 0 Å². The van der Waals surface area contributed by atoms with E-state index in [1.807, 2.05) is 0 Å². The highest BCUT2D eigenvalue weighted by Gasteiger charge is 2.44. The molecule has 1 aliphatic rings. The highest BCUT2D eigenvalue weighted by Crippen LogP contribution is 2.24. The number of benzene rings is 1. The summed E-state index contributed by atoms with van der Waals surface area (Å²) >= 11 is 3.04. The van der Waals surface area contributed by atoms with Crippen LogP contribution in [-0.2, 0) is 30.8 Å². The van der Waals surface area contributed by atoms with Crippen molar-refractivity contribution in [3.63, 3.8) is 0 Å². The molecule has 0 bridgehead atoms. The fourth-order valence-electron chi connectivity index (χ4n) is 3.15. The van der Waals surface area contributed by atoms with Crippen LogP contribution in [0.1, 0.15) is 32.6 Å². The molecule has 1 aromatic carbocycles. The van der Waals surface area contributed by atoms with Crippen molar-refractivity contribution in [2.75, 3.05) is 12.9 Å². The molecular formula is C19H23BrFN3O6S. The number of sulfone groups is 1. The second kappa shape index (κ2) is 9.31. The van der Waals surface area contributed by atoms with E-state index in [0.29, 0.717) is 18.5 Å². The first kappa shape index (κ1) is 23.8. The molecule has 1 amide bonds. The smallest absolute Gasteiger partial charge is 0.264 e. The maximum absolute atomic E-state index is 13.9. The molecule has 2 atom stereocenters. The molecule has 2 heterocycles. The Bertz CT molecular complexity index is 1150. The summed E-state index contributed by atoms with van der Waals surface area (Å²) < 4.78 is 43.5. The van der Waals surface area contributed by atoms with Crippen LogP contribution in [0.3, 0.4) is 0 Å². The Labute approximate surface area is 186 Å². The van der Waals surface area contributed by atoms with Crippen molar-refractivity contribution < 1.29 is 27.2 Å². The van der Waals surface area contributed by atoms with Crippen LogP contribution in [0.15, 0.2) is 27.7 Å². The third-order valence-corrected chi connectivity index (χ3v) is 8.05. The van der Waals surface area contributed by atoms with Gasteiger partial charge in [-0.15, -0.1) is 0 Å². The van der Waals surface area contributed by atoms with E-state index in [4.69, 9.17) is 9.57 Å². The molecule has 1 aliphatic heterocycles. The van der Waals surface area contributed by atoms with E-state index in [0.717, 1.165) is 29.7 Å². The molecule has 12 heteroatoms. The Morgan fingerprint density at radius 1 is 1.45 bits per heavy atom. The number of carbonyl (C=O) groups is 1. The van der Waals surface area contributed by atoms with Gasteiger partial charge in [-0.25, -0.2) is 28.1 Å². The zero-order valence-electron chi connectivity index (χ0n) is 17.1. The Morgan fingerprint density at radius 2 is 2.19 bits per heavy atom. The average molecular weight is 520 g/mol. The monoisotopic (exact) mass is 519 g/mol. The molecule has 9 nitrogen and oxygen atoms in total. The van der Waals surface area contributed by atoms with Crippen LogP contribution in [0, 0.1) is 5.82 Å². The first-order valence-corrected chi connectivity index (χ1v) is 12.3. The van der Waals surface area contributed by atoms with Crippen molar-refractivity contribution in [3.05, 3.63) is 39.1 Å². The molecule has 31 heavy (non-hydrogen) atoms. The van der Waals surface area contributed by atoms with Gasteiger partial charge in [-0.05, 0) is 54.2 Å². The molecule has 0 spiro atoms. The van der Waals surface area contributed by atoms with Gasteiger partial charge in [0.1, 0.15) is 5.82 Å². The number of amides is 1. The van der Waals surface area contributed by atoms with Gasteiger partial charge in [-0.3, -0.25) is 14.2 Å². The average Bonchev–Trinajstić information content (AvgIpc) is 2.72. The third kappa shape index (κ3) is 5.13. The predicted molar refractivity (Wildman–Crippen MR) is 114 cm³/mol. The molecule has 1 unspecified atom stereocenters. The van der Waals surface area contributed by atoms with E-state index in [1.165, 1.54) is 19.3 Å². The molecule has 170 valence electrons. The number of fused-ring (bicyclic) bond motifs is 1. The number of rotatable bonds is 7. The van der Waals surface area contributed by atoms with E-state index in [2.05, 4.69) is 26.4 Å². The second-order valence-corrected chi connectivity index (χ2v) is 10.9. The number of halogens is 2. The highest BCUT2D eigenvalue weighted by atomic mass is 79.9. The van der Waals surface area contributed by atoms with Gasteiger partial charge in [0.15, 0.2) is 20.9 Å². The van der Waals surface area contributed by atoms with Gasteiger partial charge in [-0.1, -0.05) is 0 Å². The number of hydroxylamine groups is 1. The van der Waals surface area contributed by atoms with Crippen LogP contribution < -0.4 is 11.0 Å². The largest absolute Gasteiger partial charge is 0.350 e. The maximum atomic E-state index is 13.9. The summed E-state index contributed by atoms with van der Waals surface area (Å²) in [5, 5.41) is 0.0477. The Kier molecular flexibility index (Phi) is 7.14. The number of nitrogens with one attached hydrogen (secondary N) is 1. The number of hydrogen-bond acceptors (Lipinski definition) is 7. The fourth-order valence-corrected chi connectivity index (χ4v) is 4.32. The lowest BCUT2D eigenvalue weighted by Gasteiger charge is -2.28. The number of aryl methyl sites for hydroxylation is 1. The Balaban J connectivity index is 1.79. The summed E-state index contributed by atoms with van der Waals surface area (Å²) in [6.07, 6.45) is 3.67. The number of carbonyl (C=O) groups excluding carboxylic acids is 1. The summed E-state index contributed by atoms with van der Waals surface area (Å²) in [7, 11) is -3.89. The quantitative estimate of drug-likeness (QED) is 0.556. The summed E-state index contributed by atoms with van der Waals surface area (Å²) in [6, 6.07) is 2.45. The first-order chi connectivity index (χ1) is 14.5. The van der Waals surface area contributed by atoms with Crippen molar-refractivity contribution in [2.45, 2.75) is 50.2 Å². The summed E-state index contributed by atoms with van der Waals surface area (Å²) in [6.45, 7) is 1.63. The van der Waals surface area contributed by atoms with Crippen molar-refractivity contribution in [1.29, 1.82) is 0 Å². The van der Waals surface area contributed by atoms with Gasteiger partial charge in [0.2, 0.25) is 0 Å². The molecule has 0 saturated carbocycles. The molecule has 2 aromatic rings. The number of hydrogen-bond donors (Lipinski definition) is 1. The summed E-state index contributed by atoms with van der Waals surface area (Å²) in [5.74, 6) is -1.48. The number of nitrogens with zero attached hydrogens (tertiary/aromatic N) is 2.